The van der Waals surface area contributed by atoms with E-state index in [1.165, 1.54) is 0 Å². The van der Waals surface area contributed by atoms with Gasteiger partial charge in [0.15, 0.2) is 11.4 Å². The predicted molar refractivity (Wildman–Crippen MR) is 83.5 cm³/mol. The van der Waals surface area contributed by atoms with E-state index in [1.807, 2.05) is 9.97 Å². The molecule has 14 nitrogen and oxygen atoms in total. The molecule has 0 aliphatic carbocycles. The maximum Gasteiger partial charge on any atom is 0.357 e. The van der Waals surface area contributed by atoms with E-state index >= 15 is 0 Å². The lowest BCUT2D eigenvalue weighted by Crippen LogP contribution is -2.39. The maximum atomic E-state index is 11.8. The lowest BCUT2D eigenvalue weighted by molar-refractivity contribution is 0.0253. The molecule has 0 aromatic carbocycles. The Labute approximate surface area is 141 Å². The van der Waals surface area contributed by atoms with E-state index in [0.717, 1.165) is 12.1 Å². The van der Waals surface area contributed by atoms with E-state index in [9.17, 15) is 28.8 Å². The third-order valence-electron chi connectivity index (χ3n) is 2.92. The quantitative estimate of drug-likeness (QED) is 0.227. The number of aromatic nitrogens is 4. The molecule has 0 saturated carbocycles. The minimum absolute atomic E-state index is 0.374. The van der Waals surface area contributed by atoms with Gasteiger partial charge in [-0.1, -0.05) is 0 Å². The van der Waals surface area contributed by atoms with Crippen molar-refractivity contribution in [1.29, 1.82) is 0 Å². The van der Waals surface area contributed by atoms with Crippen molar-refractivity contribution in [2.24, 2.45) is 0 Å². The summed E-state index contributed by atoms with van der Waals surface area (Å²) in [5.41, 5.74) is -4.79. The number of aromatic amines is 2. The van der Waals surface area contributed by atoms with Gasteiger partial charge in [-0.2, -0.15) is 0 Å². The van der Waals surface area contributed by atoms with E-state index in [2.05, 4.69) is 0 Å². The summed E-state index contributed by atoms with van der Waals surface area (Å²) >= 11 is 0. The number of hydrogen-bond acceptors (Lipinski definition) is 10. The van der Waals surface area contributed by atoms with Crippen molar-refractivity contribution in [2.75, 3.05) is 24.9 Å². The van der Waals surface area contributed by atoms with Crippen LogP contribution in [-0.4, -0.2) is 44.5 Å². The Morgan fingerprint density at radius 2 is 1.15 bits per heavy atom. The van der Waals surface area contributed by atoms with Crippen LogP contribution in [0.15, 0.2) is 31.3 Å². The standard InChI is InChI=1S/C12H12N6O8/c13-17-5(3-7(19)15-11(17)23)9(21)25-1-2-26-10(22)6-4-8(20)16-12(24)18(6)14/h3-4H,1-2,13-14H2,(H,15,19,23)(H,16,20,24). The second-order valence-electron chi connectivity index (χ2n) is 4.66. The van der Waals surface area contributed by atoms with Crippen molar-refractivity contribution in [2.45, 2.75) is 0 Å². The van der Waals surface area contributed by atoms with E-state index in [4.69, 9.17) is 21.2 Å². The van der Waals surface area contributed by atoms with Crippen molar-refractivity contribution in [3.05, 3.63) is 65.2 Å². The Hall–Kier alpha value is -4.10. The Kier molecular flexibility index (Phi) is 5.05. The molecular weight excluding hydrogens is 356 g/mol. The number of carbonyl (C=O) groups excluding carboxylic acids is 2. The van der Waals surface area contributed by atoms with Crippen molar-refractivity contribution in [3.8, 4) is 0 Å². The highest BCUT2D eigenvalue weighted by atomic mass is 16.6. The number of ether oxygens (including phenoxy) is 2. The van der Waals surface area contributed by atoms with Crippen LogP contribution < -0.4 is 34.2 Å². The molecule has 2 rings (SSSR count). The lowest BCUT2D eigenvalue weighted by Gasteiger charge is -2.09. The summed E-state index contributed by atoms with van der Waals surface area (Å²) in [6, 6.07) is 1.50. The second kappa shape index (κ2) is 7.20. The van der Waals surface area contributed by atoms with E-state index in [-0.39, 0.29) is 0 Å². The van der Waals surface area contributed by atoms with Gasteiger partial charge in [0.2, 0.25) is 0 Å². The number of nitrogens with zero attached hydrogens (tertiary/aromatic N) is 2. The van der Waals surface area contributed by atoms with Gasteiger partial charge in [0.25, 0.3) is 11.1 Å². The van der Waals surface area contributed by atoms with Crippen LogP contribution in [0.3, 0.4) is 0 Å². The number of carbonyl (C=O) groups is 2. The molecule has 0 unspecified atom stereocenters. The van der Waals surface area contributed by atoms with Crippen LogP contribution in [0.2, 0.25) is 0 Å². The molecule has 2 aromatic heterocycles. The minimum atomic E-state index is -1.11. The van der Waals surface area contributed by atoms with Crippen molar-refractivity contribution < 1.29 is 19.1 Å². The lowest BCUT2D eigenvalue weighted by atomic mass is 10.4. The summed E-state index contributed by atoms with van der Waals surface area (Å²) in [6.07, 6.45) is 0. The summed E-state index contributed by atoms with van der Waals surface area (Å²) in [5.74, 6) is 8.36. The first-order valence-corrected chi connectivity index (χ1v) is 6.78. The molecule has 0 amide bonds. The smallest absolute Gasteiger partial charge is 0.357 e. The third kappa shape index (κ3) is 3.86. The van der Waals surface area contributed by atoms with Gasteiger partial charge in [0, 0.05) is 12.1 Å². The molecule has 0 aliphatic rings. The summed E-state index contributed by atoms with van der Waals surface area (Å²) in [4.78, 5) is 72.0. The largest absolute Gasteiger partial charge is 0.457 e. The SMILES string of the molecule is Nn1c(C(=O)OCCOC(=O)c2cc(=O)[nH]c(=O)n2N)cc(=O)[nH]c1=O. The van der Waals surface area contributed by atoms with Gasteiger partial charge < -0.3 is 21.2 Å². The molecule has 138 valence electrons. The van der Waals surface area contributed by atoms with Crippen LogP contribution in [-0.2, 0) is 9.47 Å². The first-order valence-electron chi connectivity index (χ1n) is 6.78. The van der Waals surface area contributed by atoms with E-state index in [0.29, 0.717) is 9.35 Å². The van der Waals surface area contributed by atoms with Crippen LogP contribution in [0.1, 0.15) is 21.0 Å². The Balaban J connectivity index is 1.97. The summed E-state index contributed by atoms with van der Waals surface area (Å²) in [7, 11) is 0. The zero-order valence-electron chi connectivity index (χ0n) is 12.9. The zero-order chi connectivity index (χ0) is 19.4. The number of rotatable bonds is 5. The number of esters is 2. The van der Waals surface area contributed by atoms with Gasteiger partial charge in [-0.15, -0.1) is 0 Å². The first-order chi connectivity index (χ1) is 12.2. The van der Waals surface area contributed by atoms with Crippen LogP contribution in [0.4, 0.5) is 0 Å². The molecule has 0 fully saturated rings. The average molecular weight is 368 g/mol. The molecule has 0 spiro atoms. The highest BCUT2D eigenvalue weighted by molar-refractivity contribution is 5.88. The zero-order valence-corrected chi connectivity index (χ0v) is 12.9. The van der Waals surface area contributed by atoms with Crippen molar-refractivity contribution in [3.63, 3.8) is 0 Å². The molecular formula is C12H12N6O8. The number of nitrogen functional groups attached to an aromatic ring is 2. The van der Waals surface area contributed by atoms with Gasteiger partial charge in [-0.3, -0.25) is 19.6 Å². The van der Waals surface area contributed by atoms with Gasteiger partial charge in [-0.05, 0) is 0 Å². The third-order valence-corrected chi connectivity index (χ3v) is 2.92. The molecule has 0 saturated heterocycles. The fourth-order valence-electron chi connectivity index (χ4n) is 1.74. The monoisotopic (exact) mass is 368 g/mol. The molecule has 2 aromatic rings. The van der Waals surface area contributed by atoms with Gasteiger partial charge in [0.05, 0.1) is 0 Å². The van der Waals surface area contributed by atoms with Crippen LogP contribution in [0.25, 0.3) is 0 Å². The Morgan fingerprint density at radius 1 is 0.808 bits per heavy atom. The van der Waals surface area contributed by atoms with Crippen molar-refractivity contribution >= 4 is 11.9 Å². The first kappa shape index (κ1) is 18.2. The number of nitrogens with one attached hydrogen (secondary N) is 2. The van der Waals surface area contributed by atoms with Gasteiger partial charge >= 0.3 is 23.3 Å². The molecule has 0 aliphatic heterocycles. The molecule has 6 N–H and O–H groups in total. The second-order valence-corrected chi connectivity index (χ2v) is 4.66. The number of H-pyrrole nitrogens is 2. The fraction of sp³-hybridized carbons (Fsp3) is 0.167. The molecule has 26 heavy (non-hydrogen) atoms. The highest BCUT2D eigenvalue weighted by Crippen LogP contribution is 1.96. The van der Waals surface area contributed by atoms with Gasteiger partial charge in [0.1, 0.15) is 13.2 Å². The van der Waals surface area contributed by atoms with Gasteiger partial charge in [-0.25, -0.2) is 28.5 Å². The number of hydrogen-bond donors (Lipinski definition) is 4. The predicted octanol–water partition coefficient (Wildman–Crippen LogP) is -4.17. The average Bonchev–Trinajstić information content (AvgIpc) is 2.57. The normalized spacial score (nSPS) is 10.3. The maximum absolute atomic E-state index is 11.8. The summed E-state index contributed by atoms with van der Waals surface area (Å²) < 4.78 is 10.2. The molecule has 14 heteroatoms. The molecule has 0 radical (unpaired) electrons. The molecule has 2 heterocycles. The Morgan fingerprint density at radius 3 is 1.50 bits per heavy atom. The summed E-state index contributed by atoms with van der Waals surface area (Å²) in [6.45, 7) is -0.937. The van der Waals surface area contributed by atoms with E-state index in [1.54, 1.807) is 0 Å². The highest BCUT2D eigenvalue weighted by Gasteiger charge is 2.16. The van der Waals surface area contributed by atoms with Crippen molar-refractivity contribution in [1.82, 2.24) is 19.3 Å². The van der Waals surface area contributed by atoms with Crippen LogP contribution in [0.5, 0.6) is 0 Å². The fourth-order valence-corrected chi connectivity index (χ4v) is 1.74. The minimum Gasteiger partial charge on any atom is -0.457 e. The number of nitrogens with two attached hydrogens (primary N) is 2. The molecule has 0 bridgehead atoms. The Bertz CT molecular complexity index is 1000. The molecule has 0 atom stereocenters. The summed E-state index contributed by atoms with van der Waals surface area (Å²) in [5, 5.41) is 0. The van der Waals surface area contributed by atoms with Crippen LogP contribution in [0, 0.1) is 0 Å². The topological polar surface area (TPSA) is 214 Å². The van der Waals surface area contributed by atoms with Crippen LogP contribution >= 0.6 is 0 Å². The van der Waals surface area contributed by atoms with E-state index < -0.39 is 59.0 Å².